The molecule has 32 heavy (non-hydrogen) atoms. The van der Waals surface area contributed by atoms with Crippen LogP contribution < -0.4 is 11.1 Å². The Morgan fingerprint density at radius 3 is 2.53 bits per heavy atom. The molecule has 5 rings (SSSR count). The highest BCUT2D eigenvalue weighted by molar-refractivity contribution is 5.51. The molecule has 4 heteroatoms. The van der Waals surface area contributed by atoms with Gasteiger partial charge in [-0.05, 0) is 130 Å². The molecule has 178 valence electrons. The van der Waals surface area contributed by atoms with Gasteiger partial charge in [0.15, 0.2) is 0 Å². The number of nitrogens with two attached hydrogens (primary N) is 1. The van der Waals surface area contributed by atoms with E-state index in [0.29, 0.717) is 24.0 Å². The van der Waals surface area contributed by atoms with Crippen LogP contribution in [0.4, 0.5) is 11.4 Å². The third-order valence-corrected chi connectivity index (χ3v) is 10.5. The minimum Gasteiger partial charge on any atom is -0.399 e. The lowest BCUT2D eigenvalue weighted by atomic mass is 9.48. The van der Waals surface area contributed by atoms with Crippen molar-refractivity contribution in [2.24, 2.45) is 40.9 Å². The molecule has 0 aliphatic heterocycles. The number of hydrogen-bond donors (Lipinski definition) is 3. The van der Waals surface area contributed by atoms with Crippen LogP contribution >= 0.6 is 0 Å². The minimum absolute atomic E-state index is 0.458. The summed E-state index contributed by atoms with van der Waals surface area (Å²) >= 11 is 0. The zero-order valence-electron chi connectivity index (χ0n) is 20.4. The van der Waals surface area contributed by atoms with Crippen molar-refractivity contribution in [2.75, 3.05) is 24.8 Å². The first-order valence-electron chi connectivity index (χ1n) is 13.2. The second-order valence-electron chi connectivity index (χ2n) is 12.1. The number of methoxy groups -OCH3 is 1. The molecule has 1 aromatic carbocycles. The van der Waals surface area contributed by atoms with Crippen molar-refractivity contribution in [3.05, 3.63) is 24.3 Å². The second-order valence-corrected chi connectivity index (χ2v) is 12.1. The molecule has 9 atom stereocenters. The topological polar surface area (TPSA) is 67.5 Å². The van der Waals surface area contributed by atoms with Gasteiger partial charge in [0.25, 0.3) is 0 Å². The molecule has 4 N–H and O–H groups in total. The molecule has 0 saturated heterocycles. The maximum absolute atomic E-state index is 11.0. The number of anilines is 2. The van der Waals surface area contributed by atoms with Crippen molar-refractivity contribution in [3.63, 3.8) is 0 Å². The monoisotopic (exact) mass is 440 g/mol. The first-order chi connectivity index (χ1) is 15.3. The van der Waals surface area contributed by atoms with Crippen molar-refractivity contribution in [1.29, 1.82) is 0 Å². The van der Waals surface area contributed by atoms with E-state index in [1.807, 2.05) is 12.1 Å². The van der Waals surface area contributed by atoms with Crippen molar-refractivity contribution in [2.45, 2.75) is 83.3 Å². The number of aliphatic hydroxyl groups is 1. The predicted molar refractivity (Wildman–Crippen MR) is 131 cm³/mol. The maximum Gasteiger partial charge on any atom is 0.0882 e. The molecule has 0 aromatic heterocycles. The van der Waals surface area contributed by atoms with Crippen LogP contribution in [0, 0.1) is 40.9 Å². The molecule has 0 spiro atoms. The zero-order valence-corrected chi connectivity index (χ0v) is 20.4. The van der Waals surface area contributed by atoms with Gasteiger partial charge in [0.1, 0.15) is 0 Å². The van der Waals surface area contributed by atoms with Crippen LogP contribution in [-0.2, 0) is 4.74 Å². The molecule has 4 aliphatic rings. The van der Waals surface area contributed by atoms with E-state index in [9.17, 15) is 5.11 Å². The van der Waals surface area contributed by atoms with Crippen molar-refractivity contribution in [1.82, 2.24) is 0 Å². The molecular weight excluding hydrogens is 396 g/mol. The summed E-state index contributed by atoms with van der Waals surface area (Å²) in [6, 6.07) is 8.71. The summed E-state index contributed by atoms with van der Waals surface area (Å²) in [5.74, 6) is 4.94. The summed E-state index contributed by atoms with van der Waals surface area (Å²) in [7, 11) is 1.72. The van der Waals surface area contributed by atoms with E-state index in [-0.39, 0.29) is 0 Å². The summed E-state index contributed by atoms with van der Waals surface area (Å²) in [6.45, 7) is 5.53. The second kappa shape index (κ2) is 8.51. The highest BCUT2D eigenvalue weighted by Gasteiger charge is 2.58. The maximum atomic E-state index is 11.0. The van der Waals surface area contributed by atoms with Gasteiger partial charge in [-0.3, -0.25) is 0 Å². The van der Waals surface area contributed by atoms with Gasteiger partial charge in [0.2, 0.25) is 0 Å². The summed E-state index contributed by atoms with van der Waals surface area (Å²) in [4.78, 5) is 0. The van der Waals surface area contributed by atoms with E-state index in [4.69, 9.17) is 10.5 Å². The number of rotatable bonds is 5. The van der Waals surface area contributed by atoms with Gasteiger partial charge in [0, 0.05) is 24.5 Å². The largest absolute Gasteiger partial charge is 0.399 e. The fourth-order valence-corrected chi connectivity index (χ4v) is 9.17. The van der Waals surface area contributed by atoms with Gasteiger partial charge in [-0.2, -0.15) is 0 Å². The third kappa shape index (κ3) is 3.86. The molecular formula is C28H44N2O2. The fourth-order valence-electron chi connectivity index (χ4n) is 9.17. The van der Waals surface area contributed by atoms with Crippen molar-refractivity contribution >= 4 is 11.4 Å². The van der Waals surface area contributed by atoms with Gasteiger partial charge < -0.3 is 20.9 Å². The lowest BCUT2D eigenvalue weighted by Crippen LogP contribution is -2.52. The molecule has 0 radical (unpaired) electrons. The average Bonchev–Trinajstić information content (AvgIpc) is 3.12. The molecule has 0 heterocycles. The standard InChI is InChI=1S/C28H44N2O2/c1-18(30-21-7-5-20(29)6-8-21)25-10-11-26-24-9-4-19-16-28(31,17-32-3)15-13-22(19)23(24)12-14-27(25,26)2/h5-8,18-19,22-26,30-31H,4,9-17,29H2,1-3H3/t18-,19+,22-,23+,24+,25+,26-,27+,28+/m0/s1. The number of nitrogens with one attached hydrogen (secondary N) is 1. The molecule has 0 bridgehead atoms. The van der Waals surface area contributed by atoms with Crippen LogP contribution in [0.15, 0.2) is 24.3 Å². The number of benzene rings is 1. The Bertz CT molecular complexity index is 797. The van der Waals surface area contributed by atoms with E-state index in [2.05, 4.69) is 31.3 Å². The third-order valence-electron chi connectivity index (χ3n) is 10.5. The molecule has 0 amide bonds. The predicted octanol–water partition coefficient (Wildman–Crippen LogP) is 5.72. The van der Waals surface area contributed by atoms with Gasteiger partial charge in [-0.1, -0.05) is 6.92 Å². The first kappa shape index (κ1) is 22.5. The lowest BCUT2D eigenvalue weighted by Gasteiger charge is -2.57. The molecule has 4 saturated carbocycles. The number of nitrogen functional groups attached to an aromatic ring is 1. The Labute approximate surface area is 194 Å². The normalized spacial score (nSPS) is 44.2. The quantitative estimate of drug-likeness (QED) is 0.513. The number of hydrogen-bond acceptors (Lipinski definition) is 4. The van der Waals surface area contributed by atoms with Crippen LogP contribution in [0.3, 0.4) is 0 Å². The molecule has 4 aliphatic carbocycles. The zero-order chi connectivity index (χ0) is 22.5. The van der Waals surface area contributed by atoms with Gasteiger partial charge in [0.05, 0.1) is 12.2 Å². The first-order valence-corrected chi connectivity index (χ1v) is 13.2. The van der Waals surface area contributed by atoms with E-state index in [1.165, 1.54) is 50.6 Å². The molecule has 4 nitrogen and oxygen atoms in total. The smallest absolute Gasteiger partial charge is 0.0882 e. The molecule has 1 aromatic rings. The average molecular weight is 441 g/mol. The highest BCUT2D eigenvalue weighted by atomic mass is 16.5. The summed E-state index contributed by atoms with van der Waals surface area (Å²) in [5, 5.41) is 14.8. The van der Waals surface area contributed by atoms with Crippen LogP contribution in [0.1, 0.15) is 71.6 Å². The Kier molecular flexibility index (Phi) is 5.99. The van der Waals surface area contributed by atoms with Gasteiger partial charge in [-0.15, -0.1) is 0 Å². The highest BCUT2D eigenvalue weighted by Crippen LogP contribution is 2.65. The minimum atomic E-state index is -0.576. The van der Waals surface area contributed by atoms with E-state index >= 15 is 0 Å². The van der Waals surface area contributed by atoms with Gasteiger partial charge in [-0.25, -0.2) is 0 Å². The van der Waals surface area contributed by atoms with E-state index < -0.39 is 5.60 Å². The molecule has 4 fully saturated rings. The van der Waals surface area contributed by atoms with Crippen molar-refractivity contribution < 1.29 is 9.84 Å². The molecule has 0 unspecified atom stereocenters. The number of fused-ring (bicyclic) bond motifs is 5. The van der Waals surface area contributed by atoms with Crippen LogP contribution in [0.2, 0.25) is 0 Å². The Morgan fingerprint density at radius 1 is 1.03 bits per heavy atom. The van der Waals surface area contributed by atoms with Gasteiger partial charge >= 0.3 is 0 Å². The summed E-state index contributed by atoms with van der Waals surface area (Å²) in [5.41, 5.74) is 7.78. The lowest BCUT2D eigenvalue weighted by molar-refractivity contribution is -0.124. The van der Waals surface area contributed by atoms with Crippen LogP contribution in [0.25, 0.3) is 0 Å². The van der Waals surface area contributed by atoms with E-state index in [1.54, 1.807) is 7.11 Å². The Morgan fingerprint density at radius 2 is 1.78 bits per heavy atom. The Hall–Kier alpha value is -1.26. The summed E-state index contributed by atoms with van der Waals surface area (Å²) < 4.78 is 5.36. The van der Waals surface area contributed by atoms with Crippen molar-refractivity contribution in [3.8, 4) is 0 Å². The SMILES string of the molecule is COC[C@@]1(O)CC[C@H]2[C@H](CC[C@@H]3[C@@H]2CC[C@]2(C)[C@@H]([C@H](C)Nc4ccc(N)cc4)CC[C@@H]32)C1. The fraction of sp³-hybridized carbons (Fsp3) is 0.786. The van der Waals surface area contributed by atoms with Crippen LogP contribution in [0.5, 0.6) is 0 Å². The summed E-state index contributed by atoms with van der Waals surface area (Å²) in [6.07, 6.45) is 11.3. The number of ether oxygens (including phenoxy) is 1. The van der Waals surface area contributed by atoms with E-state index in [0.717, 1.165) is 48.1 Å². The van der Waals surface area contributed by atoms with Crippen LogP contribution in [-0.4, -0.2) is 30.5 Å². The Balaban J connectivity index is 1.27.